The third-order valence-corrected chi connectivity index (χ3v) is 3.39. The molecule has 94 valence electrons. The molecule has 1 amide bonds. The summed E-state index contributed by atoms with van der Waals surface area (Å²) < 4.78 is 5.00. The lowest BCUT2D eigenvalue weighted by Gasteiger charge is -2.27. The molecule has 0 spiro atoms. The Hall–Kier alpha value is -1.00. The quantitative estimate of drug-likeness (QED) is 0.873. The first-order valence-corrected chi connectivity index (χ1v) is 6.26. The molecule has 1 heterocycles. The summed E-state index contributed by atoms with van der Waals surface area (Å²) in [7, 11) is 0. The number of amides is 1. The van der Waals surface area contributed by atoms with Crippen LogP contribution in [0.3, 0.4) is 0 Å². The lowest BCUT2D eigenvalue weighted by atomic mass is 9.86. The second-order valence-electron chi connectivity index (χ2n) is 4.43. The van der Waals surface area contributed by atoms with Crippen molar-refractivity contribution in [3.63, 3.8) is 0 Å². The van der Waals surface area contributed by atoms with Gasteiger partial charge in [0.05, 0.1) is 6.10 Å². The van der Waals surface area contributed by atoms with Crippen LogP contribution in [0.5, 0.6) is 0 Å². The standard InChI is InChI=1S/C12H16ClNO3/c13-11-6-5-10(17-11)12(16)14-7-8-3-1-2-4-9(8)15/h5-6,8-9,15H,1-4,7H2,(H,14,16). The van der Waals surface area contributed by atoms with Gasteiger partial charge in [-0.05, 0) is 36.6 Å². The Kier molecular flexibility index (Phi) is 4.07. The number of halogens is 1. The molecule has 2 rings (SSSR count). The van der Waals surface area contributed by atoms with Gasteiger partial charge in [0.1, 0.15) is 0 Å². The van der Waals surface area contributed by atoms with Crippen molar-refractivity contribution in [2.45, 2.75) is 31.8 Å². The molecule has 1 aliphatic rings. The highest BCUT2D eigenvalue weighted by Crippen LogP contribution is 2.23. The highest BCUT2D eigenvalue weighted by atomic mass is 35.5. The molecule has 0 bridgehead atoms. The summed E-state index contributed by atoms with van der Waals surface area (Å²) in [5.74, 6) is 0.0770. The van der Waals surface area contributed by atoms with Gasteiger partial charge in [-0.2, -0.15) is 0 Å². The molecule has 5 heteroatoms. The molecule has 1 aliphatic carbocycles. The molecule has 2 atom stereocenters. The monoisotopic (exact) mass is 257 g/mol. The molecular formula is C12H16ClNO3. The van der Waals surface area contributed by atoms with Gasteiger partial charge in [-0.1, -0.05) is 12.8 Å². The van der Waals surface area contributed by atoms with Crippen LogP contribution in [-0.4, -0.2) is 23.7 Å². The van der Waals surface area contributed by atoms with E-state index in [2.05, 4.69) is 5.32 Å². The summed E-state index contributed by atoms with van der Waals surface area (Å²) in [6.45, 7) is 0.484. The summed E-state index contributed by atoms with van der Waals surface area (Å²) in [5.41, 5.74) is 0. The molecule has 1 fully saturated rings. The van der Waals surface area contributed by atoms with Crippen LogP contribution >= 0.6 is 11.6 Å². The minimum absolute atomic E-state index is 0.151. The van der Waals surface area contributed by atoms with E-state index in [4.69, 9.17) is 16.0 Å². The van der Waals surface area contributed by atoms with Gasteiger partial charge in [-0.25, -0.2) is 0 Å². The summed E-state index contributed by atoms with van der Waals surface area (Å²) in [5, 5.41) is 12.7. The van der Waals surface area contributed by atoms with Crippen molar-refractivity contribution < 1.29 is 14.3 Å². The second-order valence-corrected chi connectivity index (χ2v) is 4.80. The first-order valence-electron chi connectivity index (χ1n) is 5.88. The summed E-state index contributed by atoms with van der Waals surface area (Å²) in [6.07, 6.45) is 3.67. The number of rotatable bonds is 3. The minimum Gasteiger partial charge on any atom is -0.440 e. The van der Waals surface area contributed by atoms with E-state index >= 15 is 0 Å². The van der Waals surface area contributed by atoms with Gasteiger partial charge >= 0.3 is 0 Å². The molecule has 17 heavy (non-hydrogen) atoms. The highest BCUT2D eigenvalue weighted by Gasteiger charge is 2.23. The zero-order valence-electron chi connectivity index (χ0n) is 9.49. The van der Waals surface area contributed by atoms with Gasteiger partial charge in [0.25, 0.3) is 5.91 Å². The maximum atomic E-state index is 11.7. The van der Waals surface area contributed by atoms with E-state index in [1.54, 1.807) is 0 Å². The summed E-state index contributed by atoms with van der Waals surface area (Å²) in [6, 6.07) is 3.07. The molecular weight excluding hydrogens is 242 g/mol. The molecule has 0 radical (unpaired) electrons. The fourth-order valence-electron chi connectivity index (χ4n) is 2.17. The van der Waals surface area contributed by atoms with Gasteiger partial charge in [0.15, 0.2) is 11.0 Å². The van der Waals surface area contributed by atoms with Gasteiger partial charge in [-0.3, -0.25) is 4.79 Å². The number of furan rings is 1. The normalized spacial score (nSPS) is 24.6. The van der Waals surface area contributed by atoms with Crippen molar-refractivity contribution in [2.75, 3.05) is 6.54 Å². The largest absolute Gasteiger partial charge is 0.440 e. The molecule has 1 saturated carbocycles. The van der Waals surface area contributed by atoms with E-state index in [0.717, 1.165) is 25.7 Å². The third-order valence-electron chi connectivity index (χ3n) is 3.19. The molecule has 4 nitrogen and oxygen atoms in total. The number of carbonyl (C=O) groups excluding carboxylic acids is 1. The Bertz CT molecular complexity index is 391. The average Bonchev–Trinajstić information content (AvgIpc) is 2.74. The fraction of sp³-hybridized carbons (Fsp3) is 0.583. The number of hydrogen-bond acceptors (Lipinski definition) is 3. The van der Waals surface area contributed by atoms with Crippen molar-refractivity contribution in [1.82, 2.24) is 5.32 Å². The van der Waals surface area contributed by atoms with E-state index in [0.29, 0.717) is 6.54 Å². The number of carbonyl (C=O) groups is 1. The zero-order chi connectivity index (χ0) is 12.3. The van der Waals surface area contributed by atoms with Crippen LogP contribution in [0.1, 0.15) is 36.2 Å². The van der Waals surface area contributed by atoms with Crippen LogP contribution < -0.4 is 5.32 Å². The van der Waals surface area contributed by atoms with Crippen LogP contribution in [0.2, 0.25) is 5.22 Å². The Labute approximate surface area is 105 Å². The van der Waals surface area contributed by atoms with Gasteiger partial charge < -0.3 is 14.8 Å². The lowest BCUT2D eigenvalue weighted by Crippen LogP contribution is -2.36. The minimum atomic E-state index is -0.302. The van der Waals surface area contributed by atoms with E-state index in [1.807, 2.05) is 0 Å². The first-order chi connectivity index (χ1) is 8.16. The number of aliphatic hydroxyl groups excluding tert-OH is 1. The second kappa shape index (κ2) is 5.56. The molecule has 2 unspecified atom stereocenters. The molecule has 0 aromatic carbocycles. The lowest BCUT2D eigenvalue weighted by molar-refractivity contribution is 0.0656. The number of aliphatic hydroxyl groups is 1. The maximum absolute atomic E-state index is 11.7. The maximum Gasteiger partial charge on any atom is 0.287 e. The first kappa shape index (κ1) is 12.5. The van der Waals surface area contributed by atoms with E-state index in [-0.39, 0.29) is 28.9 Å². The number of hydrogen-bond donors (Lipinski definition) is 2. The Morgan fingerprint density at radius 1 is 1.47 bits per heavy atom. The Morgan fingerprint density at radius 2 is 2.24 bits per heavy atom. The van der Waals surface area contributed by atoms with Crippen molar-refractivity contribution in [3.8, 4) is 0 Å². The van der Waals surface area contributed by atoms with E-state index < -0.39 is 0 Å². The van der Waals surface area contributed by atoms with E-state index in [9.17, 15) is 9.90 Å². The van der Waals surface area contributed by atoms with Crippen molar-refractivity contribution in [2.24, 2.45) is 5.92 Å². The smallest absolute Gasteiger partial charge is 0.287 e. The molecule has 1 aromatic rings. The van der Waals surface area contributed by atoms with Crippen LogP contribution in [0.4, 0.5) is 0 Å². The Morgan fingerprint density at radius 3 is 2.88 bits per heavy atom. The highest BCUT2D eigenvalue weighted by molar-refractivity contribution is 6.29. The average molecular weight is 258 g/mol. The van der Waals surface area contributed by atoms with Gasteiger partial charge in [0.2, 0.25) is 0 Å². The van der Waals surface area contributed by atoms with E-state index in [1.165, 1.54) is 12.1 Å². The van der Waals surface area contributed by atoms with Crippen LogP contribution in [-0.2, 0) is 0 Å². The third kappa shape index (κ3) is 3.23. The molecule has 1 aromatic heterocycles. The van der Waals surface area contributed by atoms with Gasteiger partial charge in [0, 0.05) is 12.5 Å². The predicted octanol–water partition coefficient (Wildman–Crippen LogP) is 2.21. The predicted molar refractivity (Wildman–Crippen MR) is 64.0 cm³/mol. The zero-order valence-corrected chi connectivity index (χ0v) is 10.2. The number of nitrogens with one attached hydrogen (secondary N) is 1. The van der Waals surface area contributed by atoms with Crippen molar-refractivity contribution in [3.05, 3.63) is 23.1 Å². The topological polar surface area (TPSA) is 62.5 Å². The summed E-state index contributed by atoms with van der Waals surface area (Å²) in [4.78, 5) is 11.7. The van der Waals surface area contributed by atoms with Crippen LogP contribution in [0.25, 0.3) is 0 Å². The van der Waals surface area contributed by atoms with Gasteiger partial charge in [-0.15, -0.1) is 0 Å². The SMILES string of the molecule is O=C(NCC1CCCCC1O)c1ccc(Cl)o1. The fourth-order valence-corrected chi connectivity index (χ4v) is 2.32. The van der Waals surface area contributed by atoms with Crippen LogP contribution in [0.15, 0.2) is 16.5 Å². The molecule has 2 N–H and O–H groups in total. The molecule has 0 saturated heterocycles. The van der Waals surface area contributed by atoms with Crippen molar-refractivity contribution >= 4 is 17.5 Å². The molecule has 0 aliphatic heterocycles. The Balaban J connectivity index is 1.83. The van der Waals surface area contributed by atoms with Crippen LogP contribution in [0, 0.1) is 5.92 Å². The summed E-state index contributed by atoms with van der Waals surface area (Å²) >= 11 is 5.59. The van der Waals surface area contributed by atoms with Crippen molar-refractivity contribution in [1.29, 1.82) is 0 Å².